The van der Waals surface area contributed by atoms with Gasteiger partial charge in [-0.05, 0) is 13.8 Å². The van der Waals surface area contributed by atoms with E-state index in [9.17, 15) is 8.42 Å². The molecule has 0 amide bonds. The predicted molar refractivity (Wildman–Crippen MR) is 44.4 cm³/mol. The highest BCUT2D eigenvalue weighted by Gasteiger charge is 2.20. The van der Waals surface area contributed by atoms with Crippen LogP contribution in [0.1, 0.15) is 13.8 Å². The summed E-state index contributed by atoms with van der Waals surface area (Å²) in [6.45, 7) is 3.23. The fraction of sp³-hybridized carbons (Fsp3) is 0.429. The summed E-state index contributed by atoms with van der Waals surface area (Å²) < 4.78 is 22.9. The molecule has 1 heterocycles. The van der Waals surface area contributed by atoms with Crippen LogP contribution in [-0.2, 0) is 9.84 Å². The summed E-state index contributed by atoms with van der Waals surface area (Å²) in [6.07, 6.45) is 4.07. The molecule has 0 aromatic carbocycles. The van der Waals surface area contributed by atoms with E-state index in [-0.39, 0.29) is 5.03 Å². The average molecular weight is 186 g/mol. The highest BCUT2D eigenvalue weighted by molar-refractivity contribution is 7.91. The monoisotopic (exact) mass is 186 g/mol. The standard InChI is InChI=1S/C7H10N2O2S/c1-6(2)12(10,11)7-5-8-3-4-9-7/h3-6H,1-2H3. The molecule has 4 nitrogen and oxygen atoms in total. The van der Waals surface area contributed by atoms with Crippen LogP contribution < -0.4 is 0 Å². The molecular formula is C7H10N2O2S. The molecule has 0 aliphatic carbocycles. The van der Waals surface area contributed by atoms with Crippen molar-refractivity contribution in [2.75, 3.05) is 0 Å². The molecule has 1 aromatic rings. The topological polar surface area (TPSA) is 59.9 Å². The number of rotatable bonds is 2. The van der Waals surface area contributed by atoms with E-state index in [1.165, 1.54) is 18.6 Å². The van der Waals surface area contributed by atoms with E-state index in [0.29, 0.717) is 0 Å². The van der Waals surface area contributed by atoms with E-state index in [4.69, 9.17) is 0 Å². The van der Waals surface area contributed by atoms with Gasteiger partial charge < -0.3 is 0 Å². The van der Waals surface area contributed by atoms with Crippen LogP contribution in [0, 0.1) is 0 Å². The molecular weight excluding hydrogens is 176 g/mol. The Morgan fingerprint density at radius 1 is 1.33 bits per heavy atom. The van der Waals surface area contributed by atoms with Crippen LogP contribution in [0.2, 0.25) is 0 Å². The third kappa shape index (κ3) is 1.61. The summed E-state index contributed by atoms with van der Waals surface area (Å²) >= 11 is 0. The second-order valence-corrected chi connectivity index (χ2v) is 5.09. The van der Waals surface area contributed by atoms with Crippen LogP contribution >= 0.6 is 0 Å². The van der Waals surface area contributed by atoms with Crippen molar-refractivity contribution in [3.63, 3.8) is 0 Å². The van der Waals surface area contributed by atoms with Crippen molar-refractivity contribution >= 4 is 9.84 Å². The largest absolute Gasteiger partial charge is 0.260 e. The van der Waals surface area contributed by atoms with Crippen LogP contribution in [0.25, 0.3) is 0 Å². The molecule has 1 aromatic heterocycles. The first-order valence-corrected chi connectivity index (χ1v) is 5.09. The summed E-state index contributed by atoms with van der Waals surface area (Å²) in [5, 5.41) is -0.408. The van der Waals surface area contributed by atoms with Crippen LogP contribution in [0.5, 0.6) is 0 Å². The number of nitrogens with zero attached hydrogens (tertiary/aromatic N) is 2. The lowest BCUT2D eigenvalue weighted by molar-refractivity contribution is 0.583. The molecule has 0 bridgehead atoms. The second-order valence-electron chi connectivity index (χ2n) is 2.64. The first kappa shape index (κ1) is 9.12. The molecule has 66 valence electrons. The van der Waals surface area contributed by atoms with Crippen molar-refractivity contribution < 1.29 is 8.42 Å². The highest BCUT2D eigenvalue weighted by Crippen LogP contribution is 2.10. The van der Waals surface area contributed by atoms with Gasteiger partial charge in [0.05, 0.1) is 11.4 Å². The Hall–Kier alpha value is -0.970. The maximum Gasteiger partial charge on any atom is 0.199 e. The molecule has 0 spiro atoms. The van der Waals surface area contributed by atoms with Crippen LogP contribution in [0.4, 0.5) is 0 Å². The highest BCUT2D eigenvalue weighted by atomic mass is 32.2. The lowest BCUT2D eigenvalue weighted by atomic mass is 10.6. The van der Waals surface area contributed by atoms with Crippen LogP contribution in [0.15, 0.2) is 23.6 Å². The van der Waals surface area contributed by atoms with Gasteiger partial charge in [0.2, 0.25) is 0 Å². The minimum Gasteiger partial charge on any atom is -0.260 e. The van der Waals surface area contributed by atoms with E-state index in [0.717, 1.165) is 0 Å². The molecule has 0 unspecified atom stereocenters. The van der Waals surface area contributed by atoms with Gasteiger partial charge in [-0.1, -0.05) is 0 Å². The number of hydrogen-bond donors (Lipinski definition) is 0. The van der Waals surface area contributed by atoms with Crippen molar-refractivity contribution in [2.45, 2.75) is 24.1 Å². The summed E-state index contributed by atoms with van der Waals surface area (Å²) in [6, 6.07) is 0. The fourth-order valence-corrected chi connectivity index (χ4v) is 1.57. The molecule has 5 heteroatoms. The Balaban J connectivity index is 3.17. The molecule has 0 N–H and O–H groups in total. The first-order valence-electron chi connectivity index (χ1n) is 3.55. The maximum atomic E-state index is 11.4. The van der Waals surface area contributed by atoms with Gasteiger partial charge in [-0.2, -0.15) is 0 Å². The third-order valence-electron chi connectivity index (χ3n) is 1.45. The zero-order chi connectivity index (χ0) is 9.19. The Morgan fingerprint density at radius 2 is 2.00 bits per heavy atom. The van der Waals surface area contributed by atoms with Gasteiger partial charge in [0.15, 0.2) is 14.9 Å². The first-order chi connectivity index (χ1) is 5.55. The van der Waals surface area contributed by atoms with Crippen molar-refractivity contribution in [3.8, 4) is 0 Å². The zero-order valence-electron chi connectivity index (χ0n) is 6.93. The Morgan fingerprint density at radius 3 is 2.42 bits per heavy atom. The molecule has 0 atom stereocenters. The van der Waals surface area contributed by atoms with Gasteiger partial charge in [-0.3, -0.25) is 4.98 Å². The minimum atomic E-state index is -3.25. The smallest absolute Gasteiger partial charge is 0.199 e. The molecule has 0 saturated carbocycles. The quantitative estimate of drug-likeness (QED) is 0.680. The van der Waals surface area contributed by atoms with E-state index in [1.807, 2.05) is 0 Å². The molecule has 0 aliphatic heterocycles. The van der Waals surface area contributed by atoms with Crippen molar-refractivity contribution in [1.82, 2.24) is 9.97 Å². The Labute approximate surface area is 71.6 Å². The van der Waals surface area contributed by atoms with Crippen molar-refractivity contribution in [1.29, 1.82) is 0 Å². The molecule has 0 aliphatic rings. The fourth-order valence-electron chi connectivity index (χ4n) is 0.674. The van der Waals surface area contributed by atoms with Crippen molar-refractivity contribution in [3.05, 3.63) is 18.6 Å². The lowest BCUT2D eigenvalue weighted by Crippen LogP contribution is -2.15. The van der Waals surface area contributed by atoms with Gasteiger partial charge in [-0.15, -0.1) is 0 Å². The van der Waals surface area contributed by atoms with Crippen LogP contribution in [0.3, 0.4) is 0 Å². The van der Waals surface area contributed by atoms with Gasteiger partial charge in [-0.25, -0.2) is 13.4 Å². The molecule has 0 radical (unpaired) electrons. The van der Waals surface area contributed by atoms with Gasteiger partial charge in [0.1, 0.15) is 0 Å². The summed E-state index contributed by atoms with van der Waals surface area (Å²) in [5.41, 5.74) is 0. The van der Waals surface area contributed by atoms with Gasteiger partial charge in [0.25, 0.3) is 0 Å². The molecule has 12 heavy (non-hydrogen) atoms. The lowest BCUT2D eigenvalue weighted by Gasteiger charge is -2.04. The third-order valence-corrected chi connectivity index (χ3v) is 3.49. The summed E-state index contributed by atoms with van der Waals surface area (Å²) in [5.74, 6) is 0. The van der Waals surface area contributed by atoms with E-state index in [1.54, 1.807) is 13.8 Å². The maximum absolute atomic E-state index is 11.4. The number of sulfone groups is 1. The summed E-state index contributed by atoms with van der Waals surface area (Å²) in [4.78, 5) is 7.41. The van der Waals surface area contributed by atoms with Crippen LogP contribution in [-0.4, -0.2) is 23.6 Å². The minimum absolute atomic E-state index is 0.0417. The normalized spacial score (nSPS) is 11.9. The summed E-state index contributed by atoms with van der Waals surface area (Å²) in [7, 11) is -3.25. The zero-order valence-corrected chi connectivity index (χ0v) is 7.75. The number of aromatic nitrogens is 2. The average Bonchev–Trinajstić information content (AvgIpc) is 2.06. The van der Waals surface area contributed by atoms with E-state index in [2.05, 4.69) is 9.97 Å². The predicted octanol–water partition coefficient (Wildman–Crippen LogP) is 0.659. The van der Waals surface area contributed by atoms with Crippen molar-refractivity contribution in [2.24, 2.45) is 0 Å². The second kappa shape index (κ2) is 3.18. The van der Waals surface area contributed by atoms with Gasteiger partial charge in [0, 0.05) is 12.4 Å². The molecule has 0 saturated heterocycles. The number of hydrogen-bond acceptors (Lipinski definition) is 4. The van der Waals surface area contributed by atoms with Gasteiger partial charge >= 0.3 is 0 Å². The van der Waals surface area contributed by atoms with E-state index < -0.39 is 15.1 Å². The Kier molecular flexibility index (Phi) is 2.42. The molecule has 0 fully saturated rings. The Bertz CT molecular complexity index is 345. The SMILES string of the molecule is CC(C)S(=O)(=O)c1cnccn1. The molecule has 1 rings (SSSR count). The van der Waals surface area contributed by atoms with E-state index >= 15 is 0 Å².